The van der Waals surface area contributed by atoms with E-state index in [1.807, 2.05) is 38.1 Å². The molecule has 0 bridgehead atoms. The minimum Gasteiger partial charge on any atom is -0.481 e. The summed E-state index contributed by atoms with van der Waals surface area (Å²) in [4.78, 5) is 12.3. The molecule has 0 unspecified atom stereocenters. The summed E-state index contributed by atoms with van der Waals surface area (Å²) >= 11 is 5.94. The lowest BCUT2D eigenvalue weighted by Crippen LogP contribution is -2.41. The molecule has 1 amide bonds. The molecule has 0 saturated carbocycles. The average Bonchev–Trinajstić information content (AvgIpc) is 2.56. The van der Waals surface area contributed by atoms with E-state index < -0.39 is 6.10 Å². The summed E-state index contributed by atoms with van der Waals surface area (Å²) in [5.74, 6) is 0.573. The highest BCUT2D eigenvalue weighted by atomic mass is 35.5. The van der Waals surface area contributed by atoms with Crippen LogP contribution in [-0.2, 0) is 11.2 Å². The van der Waals surface area contributed by atoms with Gasteiger partial charge in [0, 0.05) is 11.1 Å². The van der Waals surface area contributed by atoms with Gasteiger partial charge in [0.2, 0.25) is 0 Å². The van der Waals surface area contributed by atoms with E-state index in [1.165, 1.54) is 5.56 Å². The monoisotopic (exact) mass is 345 g/mol. The molecule has 0 spiro atoms. The third kappa shape index (κ3) is 5.57. The zero-order valence-electron chi connectivity index (χ0n) is 14.4. The number of benzene rings is 2. The van der Waals surface area contributed by atoms with Crippen molar-refractivity contribution in [3.05, 3.63) is 64.7 Å². The summed E-state index contributed by atoms with van der Waals surface area (Å²) < 4.78 is 5.75. The van der Waals surface area contributed by atoms with Gasteiger partial charge in [0.25, 0.3) is 5.91 Å². The normalized spacial score (nSPS) is 13.2. The van der Waals surface area contributed by atoms with Crippen molar-refractivity contribution >= 4 is 17.5 Å². The zero-order valence-corrected chi connectivity index (χ0v) is 15.1. The second-order valence-electron chi connectivity index (χ2n) is 6.10. The molecule has 0 fully saturated rings. The summed E-state index contributed by atoms with van der Waals surface area (Å²) in [5, 5.41) is 3.67. The lowest BCUT2D eigenvalue weighted by Gasteiger charge is -2.19. The standard InChI is InChI=1S/C20H24ClNO2/c1-14-13-18(21)11-12-19(14)24-16(3)20(23)22-15(2)9-10-17-7-5-4-6-8-17/h4-8,11-13,15-16H,9-10H2,1-3H3,(H,22,23)/t15-,16+/m1/s1. The topological polar surface area (TPSA) is 38.3 Å². The Morgan fingerprint density at radius 3 is 2.54 bits per heavy atom. The van der Waals surface area contributed by atoms with E-state index in [4.69, 9.17) is 16.3 Å². The molecule has 0 saturated heterocycles. The van der Waals surface area contributed by atoms with E-state index in [1.54, 1.807) is 19.1 Å². The van der Waals surface area contributed by atoms with Crippen LogP contribution in [0.2, 0.25) is 5.02 Å². The Bertz CT molecular complexity index is 673. The van der Waals surface area contributed by atoms with Crippen molar-refractivity contribution in [2.24, 2.45) is 0 Å². The number of hydrogen-bond acceptors (Lipinski definition) is 2. The largest absolute Gasteiger partial charge is 0.481 e. The highest BCUT2D eigenvalue weighted by Crippen LogP contribution is 2.22. The maximum atomic E-state index is 12.3. The smallest absolute Gasteiger partial charge is 0.260 e. The first-order valence-corrected chi connectivity index (χ1v) is 8.60. The van der Waals surface area contributed by atoms with Crippen LogP contribution >= 0.6 is 11.6 Å². The second kappa shape index (κ2) is 8.74. The van der Waals surface area contributed by atoms with E-state index in [-0.39, 0.29) is 11.9 Å². The van der Waals surface area contributed by atoms with Crippen LogP contribution in [0.25, 0.3) is 0 Å². The van der Waals surface area contributed by atoms with Crippen molar-refractivity contribution in [3.8, 4) is 5.75 Å². The first-order valence-electron chi connectivity index (χ1n) is 8.23. The Hall–Kier alpha value is -2.00. The number of ether oxygens (including phenoxy) is 1. The van der Waals surface area contributed by atoms with Gasteiger partial charge >= 0.3 is 0 Å². The maximum Gasteiger partial charge on any atom is 0.260 e. The third-order valence-electron chi connectivity index (χ3n) is 3.91. The summed E-state index contributed by atoms with van der Waals surface area (Å²) in [6.07, 6.45) is 1.28. The summed E-state index contributed by atoms with van der Waals surface area (Å²) in [7, 11) is 0. The Morgan fingerprint density at radius 1 is 1.17 bits per heavy atom. The van der Waals surface area contributed by atoms with Crippen LogP contribution in [-0.4, -0.2) is 18.1 Å². The Balaban J connectivity index is 1.82. The Kier molecular flexibility index (Phi) is 6.68. The van der Waals surface area contributed by atoms with Crippen LogP contribution in [0.5, 0.6) is 5.75 Å². The number of aryl methyl sites for hydroxylation is 2. The first kappa shape index (κ1) is 18.3. The van der Waals surface area contributed by atoms with Gasteiger partial charge in [0.1, 0.15) is 5.75 Å². The van der Waals surface area contributed by atoms with Crippen molar-refractivity contribution in [1.82, 2.24) is 5.32 Å². The van der Waals surface area contributed by atoms with Crippen LogP contribution in [0, 0.1) is 6.92 Å². The molecular weight excluding hydrogens is 322 g/mol. The third-order valence-corrected chi connectivity index (χ3v) is 4.14. The number of halogens is 1. The number of amides is 1. The van der Waals surface area contributed by atoms with Crippen molar-refractivity contribution in [1.29, 1.82) is 0 Å². The molecule has 24 heavy (non-hydrogen) atoms. The molecule has 0 aliphatic carbocycles. The van der Waals surface area contributed by atoms with Crippen molar-refractivity contribution in [3.63, 3.8) is 0 Å². The summed E-state index contributed by atoms with van der Waals surface area (Å²) in [6, 6.07) is 15.7. The molecule has 2 rings (SSSR count). The quantitative estimate of drug-likeness (QED) is 0.799. The van der Waals surface area contributed by atoms with Gasteiger partial charge in [-0.25, -0.2) is 0 Å². The highest BCUT2D eigenvalue weighted by molar-refractivity contribution is 6.30. The van der Waals surface area contributed by atoms with Gasteiger partial charge in [0.05, 0.1) is 0 Å². The fourth-order valence-corrected chi connectivity index (χ4v) is 2.68. The van der Waals surface area contributed by atoms with Crippen LogP contribution in [0.15, 0.2) is 48.5 Å². The van der Waals surface area contributed by atoms with Crippen LogP contribution in [0.3, 0.4) is 0 Å². The summed E-state index contributed by atoms with van der Waals surface area (Å²) in [6.45, 7) is 5.68. The lowest BCUT2D eigenvalue weighted by atomic mass is 10.1. The van der Waals surface area contributed by atoms with Crippen molar-refractivity contribution in [2.75, 3.05) is 0 Å². The van der Waals surface area contributed by atoms with Crippen molar-refractivity contribution < 1.29 is 9.53 Å². The number of nitrogens with one attached hydrogen (secondary N) is 1. The maximum absolute atomic E-state index is 12.3. The van der Waals surface area contributed by atoms with E-state index in [0.29, 0.717) is 10.8 Å². The molecule has 2 atom stereocenters. The Labute approximate surface area is 149 Å². The molecule has 2 aromatic carbocycles. The minimum absolute atomic E-state index is 0.0927. The van der Waals surface area contributed by atoms with Crippen LogP contribution < -0.4 is 10.1 Å². The zero-order chi connectivity index (χ0) is 17.5. The van der Waals surface area contributed by atoms with E-state index in [0.717, 1.165) is 18.4 Å². The van der Waals surface area contributed by atoms with E-state index in [9.17, 15) is 4.79 Å². The molecule has 0 heterocycles. The molecule has 0 aromatic heterocycles. The average molecular weight is 346 g/mol. The van der Waals surface area contributed by atoms with Gasteiger partial charge in [-0.2, -0.15) is 0 Å². The number of carbonyl (C=O) groups excluding carboxylic acids is 1. The highest BCUT2D eigenvalue weighted by Gasteiger charge is 2.17. The molecular formula is C20H24ClNO2. The molecule has 128 valence electrons. The van der Waals surface area contributed by atoms with Gasteiger partial charge in [-0.15, -0.1) is 0 Å². The fourth-order valence-electron chi connectivity index (χ4n) is 2.45. The SMILES string of the molecule is Cc1cc(Cl)ccc1O[C@@H](C)C(=O)N[C@H](C)CCc1ccccc1. The van der Waals surface area contributed by atoms with Crippen LogP contribution in [0.4, 0.5) is 0 Å². The van der Waals surface area contributed by atoms with E-state index >= 15 is 0 Å². The van der Waals surface area contributed by atoms with Gasteiger partial charge < -0.3 is 10.1 Å². The predicted octanol–water partition coefficient (Wildman–Crippen LogP) is 4.55. The predicted molar refractivity (Wildman–Crippen MR) is 98.6 cm³/mol. The van der Waals surface area contributed by atoms with Crippen LogP contribution in [0.1, 0.15) is 31.4 Å². The molecule has 2 aromatic rings. The van der Waals surface area contributed by atoms with E-state index in [2.05, 4.69) is 17.4 Å². The fraction of sp³-hybridized carbons (Fsp3) is 0.350. The number of hydrogen-bond donors (Lipinski definition) is 1. The molecule has 0 aliphatic rings. The molecule has 0 radical (unpaired) electrons. The second-order valence-corrected chi connectivity index (χ2v) is 6.54. The molecule has 4 heteroatoms. The first-order chi connectivity index (χ1) is 11.5. The number of carbonyl (C=O) groups is 1. The summed E-state index contributed by atoms with van der Waals surface area (Å²) in [5.41, 5.74) is 2.19. The van der Waals surface area contributed by atoms with Crippen molar-refractivity contribution in [2.45, 2.75) is 45.8 Å². The molecule has 3 nitrogen and oxygen atoms in total. The van der Waals surface area contributed by atoms with Gasteiger partial charge in [-0.1, -0.05) is 41.9 Å². The molecule has 1 N–H and O–H groups in total. The molecule has 0 aliphatic heterocycles. The minimum atomic E-state index is -0.552. The number of rotatable bonds is 7. The van der Waals surface area contributed by atoms with Gasteiger partial charge in [-0.3, -0.25) is 4.79 Å². The lowest BCUT2D eigenvalue weighted by molar-refractivity contribution is -0.127. The van der Waals surface area contributed by atoms with Gasteiger partial charge in [0.15, 0.2) is 6.10 Å². The Morgan fingerprint density at radius 2 is 1.88 bits per heavy atom. The van der Waals surface area contributed by atoms with Gasteiger partial charge in [-0.05, 0) is 62.9 Å².